The number of nitrogens with one attached hydrogen (secondary N) is 1. The maximum atomic E-state index is 4.37. The van der Waals surface area contributed by atoms with Gasteiger partial charge in [-0.1, -0.05) is 18.2 Å². The van der Waals surface area contributed by atoms with Gasteiger partial charge in [-0.05, 0) is 50.6 Å². The second-order valence-corrected chi connectivity index (χ2v) is 4.05. The highest BCUT2D eigenvalue weighted by Crippen LogP contribution is 2.17. The maximum Gasteiger partial charge on any atom is 0.0704 e. The minimum Gasteiger partial charge on any atom is -0.320 e. The van der Waals surface area contributed by atoms with Crippen molar-refractivity contribution in [3.05, 3.63) is 42.1 Å². The molecule has 0 saturated heterocycles. The number of rotatable bonds is 5. The first kappa shape index (κ1) is 11.1. The van der Waals surface area contributed by atoms with Crippen LogP contribution in [0.15, 0.2) is 36.5 Å². The molecule has 0 saturated carbocycles. The lowest BCUT2D eigenvalue weighted by Gasteiger charge is -2.05. The van der Waals surface area contributed by atoms with Gasteiger partial charge in [0, 0.05) is 11.6 Å². The van der Waals surface area contributed by atoms with Crippen molar-refractivity contribution in [3.63, 3.8) is 0 Å². The highest BCUT2D eigenvalue weighted by Gasteiger charge is 2.00. The Balaban J connectivity index is 2.11. The normalized spacial score (nSPS) is 10.8. The van der Waals surface area contributed by atoms with Crippen molar-refractivity contribution in [2.75, 3.05) is 13.6 Å². The Morgan fingerprint density at radius 1 is 1.12 bits per heavy atom. The van der Waals surface area contributed by atoms with Crippen LogP contribution in [0.5, 0.6) is 0 Å². The second-order valence-electron chi connectivity index (χ2n) is 4.05. The van der Waals surface area contributed by atoms with Crippen LogP contribution < -0.4 is 5.32 Å². The summed E-state index contributed by atoms with van der Waals surface area (Å²) in [6.45, 7) is 1.10. The number of benzene rings is 1. The Bertz CT molecular complexity index is 446. The fourth-order valence-electron chi connectivity index (χ4n) is 1.99. The van der Waals surface area contributed by atoms with Crippen molar-refractivity contribution in [1.29, 1.82) is 0 Å². The smallest absolute Gasteiger partial charge is 0.0704 e. The average molecular weight is 214 g/mol. The zero-order valence-corrected chi connectivity index (χ0v) is 9.74. The molecule has 2 rings (SSSR count). The highest BCUT2D eigenvalue weighted by atomic mass is 14.8. The predicted octanol–water partition coefficient (Wildman–Crippen LogP) is 2.78. The van der Waals surface area contributed by atoms with Gasteiger partial charge in [0.1, 0.15) is 0 Å². The van der Waals surface area contributed by atoms with Crippen LogP contribution in [-0.2, 0) is 6.42 Å². The molecule has 84 valence electrons. The Labute approximate surface area is 96.7 Å². The number of hydrogen-bond donors (Lipinski definition) is 1. The van der Waals surface area contributed by atoms with E-state index in [1.165, 1.54) is 23.8 Å². The van der Waals surface area contributed by atoms with Crippen LogP contribution in [0.4, 0.5) is 0 Å². The third-order valence-electron chi connectivity index (χ3n) is 2.86. The largest absolute Gasteiger partial charge is 0.320 e. The van der Waals surface area contributed by atoms with E-state index in [4.69, 9.17) is 0 Å². The molecule has 16 heavy (non-hydrogen) atoms. The Morgan fingerprint density at radius 3 is 2.88 bits per heavy atom. The van der Waals surface area contributed by atoms with Crippen molar-refractivity contribution in [2.24, 2.45) is 0 Å². The molecule has 0 aliphatic carbocycles. The summed E-state index contributed by atoms with van der Waals surface area (Å²) in [5.74, 6) is 0. The van der Waals surface area contributed by atoms with E-state index < -0.39 is 0 Å². The molecule has 0 radical (unpaired) electrons. The van der Waals surface area contributed by atoms with Gasteiger partial charge < -0.3 is 5.32 Å². The van der Waals surface area contributed by atoms with Crippen molar-refractivity contribution in [2.45, 2.75) is 19.3 Å². The first-order valence-electron chi connectivity index (χ1n) is 5.89. The molecule has 0 atom stereocenters. The van der Waals surface area contributed by atoms with E-state index in [-0.39, 0.29) is 0 Å². The van der Waals surface area contributed by atoms with E-state index in [0.29, 0.717) is 0 Å². The first-order valence-corrected chi connectivity index (χ1v) is 5.89. The molecule has 0 aliphatic rings. The molecule has 0 bridgehead atoms. The molecule has 0 spiro atoms. The summed E-state index contributed by atoms with van der Waals surface area (Å²) in [5.41, 5.74) is 2.52. The molecule has 0 unspecified atom stereocenters. The van der Waals surface area contributed by atoms with E-state index in [2.05, 4.69) is 34.6 Å². The van der Waals surface area contributed by atoms with Crippen LogP contribution in [0.3, 0.4) is 0 Å². The molecule has 1 aromatic carbocycles. The Hall–Kier alpha value is -1.41. The summed E-state index contributed by atoms with van der Waals surface area (Å²) >= 11 is 0. The number of pyridine rings is 1. The van der Waals surface area contributed by atoms with E-state index in [1.54, 1.807) is 0 Å². The lowest BCUT2D eigenvalue weighted by Crippen LogP contribution is -2.07. The maximum absolute atomic E-state index is 4.37. The average Bonchev–Trinajstić information content (AvgIpc) is 2.35. The van der Waals surface area contributed by atoms with E-state index in [9.17, 15) is 0 Å². The first-order chi connectivity index (χ1) is 7.92. The van der Waals surface area contributed by atoms with Crippen LogP contribution >= 0.6 is 0 Å². The summed E-state index contributed by atoms with van der Waals surface area (Å²) in [4.78, 5) is 4.37. The zero-order chi connectivity index (χ0) is 11.2. The molecule has 2 aromatic rings. The van der Waals surface area contributed by atoms with Gasteiger partial charge in [0.2, 0.25) is 0 Å². The molecule has 0 aliphatic heterocycles. The molecule has 2 nitrogen and oxygen atoms in total. The molecule has 0 amide bonds. The van der Waals surface area contributed by atoms with Gasteiger partial charge in [-0.25, -0.2) is 0 Å². The van der Waals surface area contributed by atoms with Crippen LogP contribution in [0.2, 0.25) is 0 Å². The number of hydrogen-bond acceptors (Lipinski definition) is 2. The standard InChI is InChI=1S/C14H18N2/c1-15-10-5-4-6-12-9-11-16-14-8-3-2-7-13(12)14/h2-3,7-9,11,15H,4-6,10H2,1H3. The third kappa shape index (κ3) is 2.58. The minimum atomic E-state index is 1.10. The predicted molar refractivity (Wildman–Crippen MR) is 68.6 cm³/mol. The van der Waals surface area contributed by atoms with E-state index in [0.717, 1.165) is 18.5 Å². The van der Waals surface area contributed by atoms with E-state index >= 15 is 0 Å². The highest BCUT2D eigenvalue weighted by molar-refractivity contribution is 5.81. The van der Waals surface area contributed by atoms with Crippen molar-refractivity contribution < 1.29 is 0 Å². The summed E-state index contributed by atoms with van der Waals surface area (Å²) in [6.07, 6.45) is 5.52. The van der Waals surface area contributed by atoms with Gasteiger partial charge in [0.05, 0.1) is 5.52 Å². The molecule has 1 N–H and O–H groups in total. The van der Waals surface area contributed by atoms with Gasteiger partial charge in [0.15, 0.2) is 0 Å². The molecule has 1 aromatic heterocycles. The fraction of sp³-hybridized carbons (Fsp3) is 0.357. The molecular formula is C14H18N2. The monoisotopic (exact) mass is 214 g/mol. The molecule has 1 heterocycles. The summed E-state index contributed by atoms with van der Waals surface area (Å²) in [6, 6.07) is 10.5. The zero-order valence-electron chi connectivity index (χ0n) is 9.74. The molecular weight excluding hydrogens is 196 g/mol. The lowest BCUT2D eigenvalue weighted by molar-refractivity contribution is 0.678. The van der Waals surface area contributed by atoms with Crippen LogP contribution in [0, 0.1) is 0 Å². The van der Waals surface area contributed by atoms with Gasteiger partial charge >= 0.3 is 0 Å². The minimum absolute atomic E-state index is 1.10. The number of aryl methyl sites for hydroxylation is 1. The number of nitrogens with zero attached hydrogens (tertiary/aromatic N) is 1. The van der Waals surface area contributed by atoms with Gasteiger partial charge in [0.25, 0.3) is 0 Å². The van der Waals surface area contributed by atoms with Crippen LogP contribution in [0.1, 0.15) is 18.4 Å². The summed E-state index contributed by atoms with van der Waals surface area (Å²) in [7, 11) is 2.00. The van der Waals surface area contributed by atoms with Crippen molar-refractivity contribution in [3.8, 4) is 0 Å². The molecule has 2 heteroatoms. The van der Waals surface area contributed by atoms with Gasteiger partial charge in [-0.2, -0.15) is 0 Å². The van der Waals surface area contributed by atoms with Gasteiger partial charge in [-0.15, -0.1) is 0 Å². The van der Waals surface area contributed by atoms with E-state index in [1.807, 2.05) is 19.3 Å². The fourth-order valence-corrected chi connectivity index (χ4v) is 1.99. The lowest BCUT2D eigenvalue weighted by atomic mass is 10.0. The topological polar surface area (TPSA) is 24.9 Å². The Morgan fingerprint density at radius 2 is 2.00 bits per heavy atom. The quantitative estimate of drug-likeness (QED) is 0.774. The summed E-state index contributed by atoms with van der Waals surface area (Å²) in [5, 5.41) is 4.48. The second kappa shape index (κ2) is 5.61. The number of para-hydroxylation sites is 1. The molecule has 0 fully saturated rings. The third-order valence-corrected chi connectivity index (χ3v) is 2.86. The van der Waals surface area contributed by atoms with Gasteiger partial charge in [-0.3, -0.25) is 4.98 Å². The van der Waals surface area contributed by atoms with Crippen molar-refractivity contribution in [1.82, 2.24) is 10.3 Å². The summed E-state index contributed by atoms with van der Waals surface area (Å²) < 4.78 is 0. The Kier molecular flexibility index (Phi) is 3.89. The van der Waals surface area contributed by atoms with Crippen LogP contribution in [0.25, 0.3) is 10.9 Å². The number of fused-ring (bicyclic) bond motifs is 1. The number of aromatic nitrogens is 1. The SMILES string of the molecule is CNCCCCc1ccnc2ccccc12. The van der Waals surface area contributed by atoms with Crippen molar-refractivity contribution >= 4 is 10.9 Å². The number of unbranched alkanes of at least 4 members (excludes halogenated alkanes) is 1. The van der Waals surface area contributed by atoms with Crippen LogP contribution in [-0.4, -0.2) is 18.6 Å².